The smallest absolute Gasteiger partial charge is 0.335 e. The number of anilines is 1. The minimum atomic E-state index is -3.69. The van der Waals surface area contributed by atoms with E-state index in [4.69, 9.17) is 10.6 Å². The molecule has 1 aromatic heterocycles. The van der Waals surface area contributed by atoms with Gasteiger partial charge in [-0.3, -0.25) is 9.36 Å². The molecule has 1 heterocycles. The summed E-state index contributed by atoms with van der Waals surface area (Å²) in [7, 11) is -2.47. The minimum Gasteiger partial charge on any atom is -0.469 e. The third-order valence-electron chi connectivity index (χ3n) is 4.91. The Morgan fingerprint density at radius 3 is 2.48 bits per heavy atom. The molecule has 0 radical (unpaired) electrons. The summed E-state index contributed by atoms with van der Waals surface area (Å²) < 4.78 is 31.7. The quantitative estimate of drug-likeness (QED) is 0.138. The minimum absolute atomic E-state index is 0.0339. The van der Waals surface area contributed by atoms with Crippen molar-refractivity contribution in [2.45, 2.75) is 36.8 Å². The Bertz CT molecular complexity index is 1330. The number of hydrogen-bond donors (Lipinski definition) is 1. The summed E-state index contributed by atoms with van der Waals surface area (Å²) in [4.78, 5) is 32.7. The average Bonchev–Trinajstić information content (AvgIpc) is 3.22. The number of benzene rings is 2. The highest BCUT2D eigenvalue weighted by molar-refractivity contribution is 7.92. The normalized spacial score (nSPS) is 12.2. The number of imidazole rings is 1. The van der Waals surface area contributed by atoms with E-state index in [1.54, 1.807) is 42.7 Å². The van der Waals surface area contributed by atoms with Gasteiger partial charge in [0.1, 0.15) is 6.33 Å². The van der Waals surface area contributed by atoms with Crippen LogP contribution in [0.2, 0.25) is 0 Å². The first-order valence-corrected chi connectivity index (χ1v) is 11.6. The SMILES string of the molecule is COC(=O)CCC(=O)O/N=C(/c1cccc(S(=O)(=O)C(C)C)c1N)n1cnc2ccccc21. The van der Waals surface area contributed by atoms with E-state index in [1.807, 2.05) is 6.07 Å². The maximum absolute atomic E-state index is 12.8. The Hall–Kier alpha value is -3.73. The van der Waals surface area contributed by atoms with Crippen LogP contribution in [-0.2, 0) is 29.0 Å². The summed E-state index contributed by atoms with van der Waals surface area (Å²) in [5.41, 5.74) is 7.77. The number of nitrogens with zero attached hydrogens (tertiary/aromatic N) is 3. The number of aromatic nitrogens is 2. The Morgan fingerprint density at radius 2 is 1.79 bits per heavy atom. The van der Waals surface area contributed by atoms with Crippen LogP contribution in [0.4, 0.5) is 5.69 Å². The summed E-state index contributed by atoms with van der Waals surface area (Å²) in [6.45, 7) is 3.12. The summed E-state index contributed by atoms with van der Waals surface area (Å²) >= 11 is 0. The van der Waals surface area contributed by atoms with E-state index >= 15 is 0 Å². The Balaban J connectivity index is 2.11. The Kier molecular flexibility index (Phi) is 7.12. The maximum atomic E-state index is 12.8. The van der Waals surface area contributed by atoms with Gasteiger partial charge in [-0.2, -0.15) is 0 Å². The highest BCUT2D eigenvalue weighted by atomic mass is 32.2. The number of para-hydroxylation sites is 3. The van der Waals surface area contributed by atoms with Crippen molar-refractivity contribution in [1.29, 1.82) is 0 Å². The summed E-state index contributed by atoms with van der Waals surface area (Å²) in [5, 5.41) is 3.29. The first kappa shape index (κ1) is 23.9. The van der Waals surface area contributed by atoms with Crippen molar-refractivity contribution in [2.75, 3.05) is 12.8 Å². The van der Waals surface area contributed by atoms with Gasteiger partial charge in [-0.25, -0.2) is 18.2 Å². The molecule has 0 fully saturated rings. The van der Waals surface area contributed by atoms with Crippen LogP contribution in [0.1, 0.15) is 32.3 Å². The van der Waals surface area contributed by atoms with E-state index in [0.29, 0.717) is 11.0 Å². The van der Waals surface area contributed by atoms with Crippen molar-refractivity contribution in [2.24, 2.45) is 5.16 Å². The zero-order chi connectivity index (χ0) is 24.2. The van der Waals surface area contributed by atoms with Crippen molar-refractivity contribution in [3.05, 3.63) is 54.4 Å². The number of carbonyl (C=O) groups is 2. The van der Waals surface area contributed by atoms with Gasteiger partial charge in [-0.05, 0) is 38.1 Å². The van der Waals surface area contributed by atoms with Gasteiger partial charge in [0.2, 0.25) is 0 Å². The number of methoxy groups -OCH3 is 1. The number of oxime groups is 1. The van der Waals surface area contributed by atoms with Gasteiger partial charge in [0, 0.05) is 5.56 Å². The van der Waals surface area contributed by atoms with Gasteiger partial charge in [0.25, 0.3) is 0 Å². The maximum Gasteiger partial charge on any atom is 0.335 e. The first-order chi connectivity index (χ1) is 15.7. The van der Waals surface area contributed by atoms with Crippen molar-refractivity contribution in [3.8, 4) is 0 Å². The van der Waals surface area contributed by atoms with Crippen LogP contribution in [0, 0.1) is 0 Å². The number of hydrogen-bond acceptors (Lipinski definition) is 9. The topological polar surface area (TPSA) is 143 Å². The molecule has 0 spiro atoms. The number of rotatable bonds is 7. The van der Waals surface area contributed by atoms with Gasteiger partial charge >= 0.3 is 11.9 Å². The van der Waals surface area contributed by atoms with Gasteiger partial charge in [0.05, 0.1) is 46.8 Å². The van der Waals surface area contributed by atoms with Gasteiger partial charge in [-0.15, -0.1) is 0 Å². The molecule has 33 heavy (non-hydrogen) atoms. The van der Waals surface area contributed by atoms with Gasteiger partial charge < -0.3 is 15.3 Å². The van der Waals surface area contributed by atoms with Crippen molar-refractivity contribution >= 4 is 44.3 Å². The third kappa shape index (κ3) is 5.03. The number of nitrogen functional groups attached to an aromatic ring is 1. The van der Waals surface area contributed by atoms with E-state index in [1.165, 1.54) is 25.6 Å². The standard InChI is InChI=1S/C22H24N4O6S/c1-14(2)33(29,30)18-10-6-7-15(21(18)23)22(25-32-20(28)12-11-19(27)31-3)26-13-24-16-8-4-5-9-17(16)26/h4-10,13-14H,11-12,23H2,1-3H3/b25-22-. The zero-order valence-electron chi connectivity index (χ0n) is 18.4. The second-order valence-corrected chi connectivity index (χ2v) is 9.84. The molecular formula is C22H24N4O6S. The van der Waals surface area contributed by atoms with Crippen LogP contribution in [0.15, 0.2) is 58.8 Å². The largest absolute Gasteiger partial charge is 0.469 e. The lowest BCUT2D eigenvalue weighted by Gasteiger charge is -2.15. The van der Waals surface area contributed by atoms with E-state index in [-0.39, 0.29) is 34.8 Å². The fourth-order valence-corrected chi connectivity index (χ4v) is 4.23. The lowest BCUT2D eigenvalue weighted by Crippen LogP contribution is -2.20. The molecule has 3 aromatic rings. The van der Waals surface area contributed by atoms with E-state index in [2.05, 4.69) is 14.9 Å². The molecule has 0 aliphatic heterocycles. The molecule has 0 amide bonds. The molecule has 0 bridgehead atoms. The molecule has 10 nitrogen and oxygen atoms in total. The van der Waals surface area contributed by atoms with E-state index in [0.717, 1.165) is 0 Å². The van der Waals surface area contributed by atoms with E-state index < -0.39 is 27.0 Å². The lowest BCUT2D eigenvalue weighted by molar-refractivity contribution is -0.148. The number of ether oxygens (including phenoxy) is 1. The molecule has 0 atom stereocenters. The number of carbonyl (C=O) groups excluding carboxylic acids is 2. The predicted octanol–water partition coefficient (Wildman–Crippen LogP) is 2.51. The molecule has 2 N–H and O–H groups in total. The van der Waals surface area contributed by atoms with Gasteiger partial charge in [-0.1, -0.05) is 23.4 Å². The highest BCUT2D eigenvalue weighted by Gasteiger charge is 2.25. The van der Waals surface area contributed by atoms with Crippen LogP contribution in [0.25, 0.3) is 11.0 Å². The number of esters is 1. The second kappa shape index (κ2) is 9.82. The summed E-state index contributed by atoms with van der Waals surface area (Å²) in [6.07, 6.45) is 1.05. The predicted molar refractivity (Wildman–Crippen MR) is 122 cm³/mol. The van der Waals surface area contributed by atoms with Gasteiger partial charge in [0.15, 0.2) is 15.7 Å². The van der Waals surface area contributed by atoms with Crippen LogP contribution in [-0.4, -0.2) is 48.1 Å². The number of fused-ring (bicyclic) bond motifs is 1. The summed E-state index contributed by atoms with van der Waals surface area (Å²) in [6, 6.07) is 11.7. The van der Waals surface area contributed by atoms with Crippen molar-refractivity contribution in [1.82, 2.24) is 9.55 Å². The second-order valence-electron chi connectivity index (χ2n) is 7.37. The van der Waals surface area contributed by atoms with Crippen LogP contribution >= 0.6 is 0 Å². The molecular weight excluding hydrogens is 448 g/mol. The van der Waals surface area contributed by atoms with E-state index in [9.17, 15) is 18.0 Å². The molecule has 2 aromatic carbocycles. The molecule has 11 heteroatoms. The number of nitrogens with two attached hydrogens (primary N) is 1. The lowest BCUT2D eigenvalue weighted by atomic mass is 10.1. The van der Waals surface area contributed by atoms with Crippen LogP contribution in [0.5, 0.6) is 0 Å². The van der Waals surface area contributed by atoms with Crippen LogP contribution in [0.3, 0.4) is 0 Å². The molecule has 0 aliphatic carbocycles. The molecule has 0 unspecified atom stereocenters. The Labute approximate surface area is 190 Å². The monoisotopic (exact) mass is 472 g/mol. The molecule has 0 aliphatic rings. The molecule has 0 saturated heterocycles. The van der Waals surface area contributed by atoms with Crippen LogP contribution < -0.4 is 5.73 Å². The Morgan fingerprint density at radius 1 is 1.09 bits per heavy atom. The highest BCUT2D eigenvalue weighted by Crippen LogP contribution is 2.28. The zero-order valence-corrected chi connectivity index (χ0v) is 19.2. The average molecular weight is 473 g/mol. The summed E-state index contributed by atoms with van der Waals surface area (Å²) in [5.74, 6) is -1.27. The molecule has 174 valence electrons. The molecule has 3 rings (SSSR count). The first-order valence-electron chi connectivity index (χ1n) is 10.1. The van der Waals surface area contributed by atoms with Crippen molar-refractivity contribution in [3.63, 3.8) is 0 Å². The fourth-order valence-electron chi connectivity index (χ4n) is 3.04. The third-order valence-corrected chi connectivity index (χ3v) is 7.12. The van der Waals surface area contributed by atoms with Crippen molar-refractivity contribution < 1.29 is 27.6 Å². The fraction of sp³-hybridized carbons (Fsp3) is 0.273. The molecule has 0 saturated carbocycles. The number of sulfone groups is 1.